The minimum absolute atomic E-state index is 0.206. The maximum absolute atomic E-state index is 13.4. The van der Waals surface area contributed by atoms with Crippen LogP contribution in [0.1, 0.15) is 38.3 Å². The molecular weight excluding hydrogens is 454 g/mol. The number of esters is 1. The fourth-order valence-corrected chi connectivity index (χ4v) is 4.87. The van der Waals surface area contributed by atoms with E-state index >= 15 is 0 Å². The Morgan fingerprint density at radius 1 is 1.06 bits per heavy atom. The summed E-state index contributed by atoms with van der Waals surface area (Å²) in [7, 11) is 0. The molecule has 1 saturated heterocycles. The van der Waals surface area contributed by atoms with Gasteiger partial charge in [-0.3, -0.25) is 4.79 Å². The van der Waals surface area contributed by atoms with Crippen LogP contribution in [0.15, 0.2) is 66.9 Å². The third-order valence-corrected chi connectivity index (χ3v) is 6.56. The first-order chi connectivity index (χ1) is 16.5. The van der Waals surface area contributed by atoms with Crippen molar-refractivity contribution in [3.8, 4) is 11.6 Å². The first kappa shape index (κ1) is 20.8. The maximum Gasteiger partial charge on any atom is 0.340 e. The Morgan fingerprint density at radius 2 is 1.91 bits per heavy atom. The standard InChI is InChI=1S/C26H18ClN3O4/c27-19-12-15(33-22-13-29-20-6-1-2-7-21(20)30-22)8-9-16(19)24(31)17-4-3-5-18-23(17)25(32)34-26(18)10-11-28-14-26/h1-9,12-13,28H,10-11,14H2/t26-/m0/s1. The Morgan fingerprint density at radius 3 is 2.71 bits per heavy atom. The van der Waals surface area contributed by atoms with Crippen LogP contribution < -0.4 is 10.1 Å². The van der Waals surface area contributed by atoms with Gasteiger partial charge in [0.15, 0.2) is 11.4 Å². The Kier molecular flexibility index (Phi) is 4.83. The van der Waals surface area contributed by atoms with E-state index in [2.05, 4.69) is 15.3 Å². The maximum atomic E-state index is 13.4. The highest BCUT2D eigenvalue weighted by Gasteiger charge is 2.49. The summed E-state index contributed by atoms with van der Waals surface area (Å²) in [5.41, 5.74) is 2.38. The number of hydrogen-bond acceptors (Lipinski definition) is 7. The van der Waals surface area contributed by atoms with Crippen molar-refractivity contribution < 1.29 is 19.1 Å². The van der Waals surface area contributed by atoms with Gasteiger partial charge in [-0.25, -0.2) is 14.8 Å². The fraction of sp³-hybridized carbons (Fsp3) is 0.154. The minimum atomic E-state index is -0.703. The molecule has 3 heterocycles. The van der Waals surface area contributed by atoms with Crippen molar-refractivity contribution in [3.05, 3.63) is 94.1 Å². The van der Waals surface area contributed by atoms with Gasteiger partial charge in [-0.1, -0.05) is 41.9 Å². The predicted molar refractivity (Wildman–Crippen MR) is 126 cm³/mol. The van der Waals surface area contributed by atoms with E-state index in [4.69, 9.17) is 21.1 Å². The largest absolute Gasteiger partial charge is 0.449 e. The summed E-state index contributed by atoms with van der Waals surface area (Å²) >= 11 is 6.48. The molecule has 1 N–H and O–H groups in total. The van der Waals surface area contributed by atoms with E-state index in [-0.39, 0.29) is 21.9 Å². The lowest BCUT2D eigenvalue weighted by Gasteiger charge is -2.21. The van der Waals surface area contributed by atoms with E-state index in [0.717, 1.165) is 17.6 Å². The van der Waals surface area contributed by atoms with E-state index in [9.17, 15) is 9.59 Å². The highest BCUT2D eigenvalue weighted by atomic mass is 35.5. The number of carbonyl (C=O) groups excluding carboxylic acids is 2. The zero-order valence-electron chi connectivity index (χ0n) is 17.9. The zero-order valence-corrected chi connectivity index (χ0v) is 18.6. The molecular formula is C26H18ClN3O4. The summed E-state index contributed by atoms with van der Waals surface area (Å²) in [5, 5.41) is 3.44. The lowest BCUT2D eigenvalue weighted by atomic mass is 9.87. The van der Waals surface area contributed by atoms with Crippen molar-refractivity contribution in [3.63, 3.8) is 0 Å². The normalized spacial score (nSPS) is 18.8. The molecule has 0 saturated carbocycles. The van der Waals surface area contributed by atoms with Crippen LogP contribution >= 0.6 is 11.6 Å². The lowest BCUT2D eigenvalue weighted by Crippen LogP contribution is -2.28. The molecule has 1 fully saturated rings. The van der Waals surface area contributed by atoms with Crippen LogP contribution in [0.5, 0.6) is 11.6 Å². The summed E-state index contributed by atoms with van der Waals surface area (Å²) in [4.78, 5) is 34.9. The number of ketones is 1. The number of para-hydroxylation sites is 2. The summed E-state index contributed by atoms with van der Waals surface area (Å²) in [6, 6.07) is 17.5. The molecule has 34 heavy (non-hydrogen) atoms. The molecule has 0 bridgehead atoms. The number of benzene rings is 3. The molecule has 3 aromatic carbocycles. The van der Waals surface area contributed by atoms with Crippen LogP contribution in [0, 0.1) is 0 Å². The summed E-state index contributed by atoms with van der Waals surface area (Å²) < 4.78 is 11.5. The molecule has 0 unspecified atom stereocenters. The number of aromatic nitrogens is 2. The molecule has 4 aromatic rings. The molecule has 168 valence electrons. The number of fused-ring (bicyclic) bond motifs is 3. The van der Waals surface area contributed by atoms with Crippen LogP contribution in [-0.2, 0) is 10.3 Å². The quantitative estimate of drug-likeness (QED) is 0.342. The Labute approximate surface area is 199 Å². The molecule has 0 aliphatic carbocycles. The summed E-state index contributed by atoms with van der Waals surface area (Å²) in [6.45, 7) is 1.29. The molecule has 0 amide bonds. The molecule has 7 nitrogen and oxygen atoms in total. The van der Waals surface area contributed by atoms with Gasteiger partial charge in [0, 0.05) is 35.7 Å². The average molecular weight is 472 g/mol. The SMILES string of the molecule is O=C(c1ccc(Oc2cnc3ccccc3n2)cc1Cl)c1cccc2c1C(=O)O[C@]21CCNC1. The number of ether oxygens (including phenoxy) is 2. The number of rotatable bonds is 4. The monoisotopic (exact) mass is 471 g/mol. The number of carbonyl (C=O) groups is 2. The van der Waals surface area contributed by atoms with Gasteiger partial charge in [0.2, 0.25) is 5.88 Å². The lowest BCUT2D eigenvalue weighted by molar-refractivity contribution is 0.00159. The Bertz CT molecular complexity index is 1480. The third-order valence-electron chi connectivity index (χ3n) is 6.24. The molecule has 6 rings (SSSR count). The van der Waals surface area contributed by atoms with Crippen molar-refractivity contribution in [2.45, 2.75) is 12.0 Å². The Balaban J connectivity index is 1.31. The smallest absolute Gasteiger partial charge is 0.340 e. The molecule has 2 aliphatic heterocycles. The van der Waals surface area contributed by atoms with E-state index in [0.29, 0.717) is 35.7 Å². The van der Waals surface area contributed by atoms with Gasteiger partial charge in [-0.2, -0.15) is 0 Å². The first-order valence-corrected chi connectivity index (χ1v) is 11.2. The molecule has 1 spiro atoms. The second-order valence-corrected chi connectivity index (χ2v) is 8.72. The van der Waals surface area contributed by atoms with Crippen LogP contribution in [0.3, 0.4) is 0 Å². The van der Waals surface area contributed by atoms with Crippen molar-refractivity contribution in [2.24, 2.45) is 0 Å². The molecule has 0 radical (unpaired) electrons. The van der Waals surface area contributed by atoms with E-state index < -0.39 is 11.6 Å². The van der Waals surface area contributed by atoms with Gasteiger partial charge in [0.05, 0.1) is 27.8 Å². The van der Waals surface area contributed by atoms with Crippen molar-refractivity contribution in [2.75, 3.05) is 13.1 Å². The summed E-state index contributed by atoms with van der Waals surface area (Å²) in [5.74, 6) is -0.0970. The van der Waals surface area contributed by atoms with Crippen LogP contribution in [0.4, 0.5) is 0 Å². The topological polar surface area (TPSA) is 90.4 Å². The first-order valence-electron chi connectivity index (χ1n) is 10.9. The highest BCUT2D eigenvalue weighted by molar-refractivity contribution is 6.35. The minimum Gasteiger partial charge on any atom is -0.449 e. The van der Waals surface area contributed by atoms with Gasteiger partial charge in [0.1, 0.15) is 5.75 Å². The van der Waals surface area contributed by atoms with Gasteiger partial charge in [-0.05, 0) is 30.8 Å². The number of hydrogen-bond donors (Lipinski definition) is 1. The fourth-order valence-electron chi connectivity index (χ4n) is 4.61. The second kappa shape index (κ2) is 7.90. The molecule has 2 aliphatic rings. The highest BCUT2D eigenvalue weighted by Crippen LogP contribution is 2.42. The van der Waals surface area contributed by atoms with Crippen LogP contribution in [0.25, 0.3) is 11.0 Å². The zero-order chi connectivity index (χ0) is 23.3. The van der Waals surface area contributed by atoms with E-state index in [1.54, 1.807) is 30.3 Å². The van der Waals surface area contributed by atoms with E-state index in [1.807, 2.05) is 30.3 Å². The average Bonchev–Trinajstić information content (AvgIpc) is 3.43. The van der Waals surface area contributed by atoms with Crippen LogP contribution in [-0.4, -0.2) is 34.8 Å². The second-order valence-electron chi connectivity index (χ2n) is 8.31. The number of nitrogens with zero attached hydrogens (tertiary/aromatic N) is 2. The summed E-state index contributed by atoms with van der Waals surface area (Å²) in [6.07, 6.45) is 2.20. The van der Waals surface area contributed by atoms with E-state index in [1.165, 1.54) is 6.20 Å². The van der Waals surface area contributed by atoms with Crippen molar-refractivity contribution in [1.29, 1.82) is 0 Å². The molecule has 1 aromatic heterocycles. The van der Waals surface area contributed by atoms with Gasteiger partial charge >= 0.3 is 5.97 Å². The van der Waals surface area contributed by atoms with Gasteiger partial charge in [-0.15, -0.1) is 0 Å². The predicted octanol–water partition coefficient (Wildman–Crippen LogP) is 4.67. The van der Waals surface area contributed by atoms with Crippen molar-refractivity contribution in [1.82, 2.24) is 15.3 Å². The van der Waals surface area contributed by atoms with Gasteiger partial charge in [0.25, 0.3) is 0 Å². The van der Waals surface area contributed by atoms with Crippen molar-refractivity contribution >= 4 is 34.4 Å². The number of halogens is 1. The molecule has 8 heteroatoms. The number of nitrogens with one attached hydrogen (secondary N) is 1. The van der Waals surface area contributed by atoms with Gasteiger partial charge < -0.3 is 14.8 Å². The Hall–Kier alpha value is -3.81. The van der Waals surface area contributed by atoms with Crippen LogP contribution in [0.2, 0.25) is 5.02 Å². The third kappa shape index (κ3) is 3.32. The molecule has 1 atom stereocenters.